The van der Waals surface area contributed by atoms with Gasteiger partial charge >= 0.3 is 20.7 Å². The van der Waals surface area contributed by atoms with E-state index >= 15 is 0 Å². The smallest absolute Gasteiger partial charge is 0.501 e. The SMILES string of the molecule is CCCCCCCCCCCCCCCCCC[N+](C)(C)CCC[Si](OCC(C)(CO)C(=O)[O-])(OCC(C)(CO)C(=O)O)OCC(C)(CO)C(=O)O. The van der Waals surface area contributed by atoms with Crippen molar-refractivity contribution in [1.29, 1.82) is 0 Å². The van der Waals surface area contributed by atoms with Crippen LogP contribution in [0.1, 0.15) is 137 Å². The van der Waals surface area contributed by atoms with Gasteiger partial charge in [0.05, 0.1) is 78.2 Å². The highest BCUT2D eigenvalue weighted by Crippen LogP contribution is 2.30. The molecule has 308 valence electrons. The summed E-state index contributed by atoms with van der Waals surface area (Å²) in [5.41, 5.74) is -5.40. The van der Waals surface area contributed by atoms with E-state index in [0.29, 0.717) is 17.4 Å². The molecule has 3 atom stereocenters. The Morgan fingerprint density at radius 3 is 1.17 bits per heavy atom. The average Bonchev–Trinajstić information content (AvgIpc) is 3.10. The lowest BCUT2D eigenvalue weighted by Crippen LogP contribution is -2.56. The van der Waals surface area contributed by atoms with E-state index in [4.69, 9.17) is 13.3 Å². The second-order valence-corrected chi connectivity index (χ2v) is 19.1. The van der Waals surface area contributed by atoms with Crippen LogP contribution in [0.5, 0.6) is 0 Å². The monoisotopic (exact) mass is 766 g/mol. The summed E-state index contributed by atoms with van der Waals surface area (Å²) in [5, 5.41) is 60.9. The van der Waals surface area contributed by atoms with E-state index in [1.165, 1.54) is 111 Å². The number of aliphatic hydroxyl groups excluding tert-OH is 3. The Morgan fingerprint density at radius 2 is 0.865 bits per heavy atom. The molecule has 5 N–H and O–H groups in total. The fourth-order valence-corrected chi connectivity index (χ4v) is 8.48. The molecule has 0 amide bonds. The normalized spacial score (nSPS) is 16.8. The highest BCUT2D eigenvalue weighted by atomic mass is 28.4. The molecule has 0 fully saturated rings. The predicted octanol–water partition coefficient (Wildman–Crippen LogP) is 4.62. The number of aliphatic hydroxyl groups is 3. The molecule has 52 heavy (non-hydrogen) atoms. The number of carbonyl (C=O) groups excluding carboxylic acids is 1. The zero-order valence-corrected chi connectivity index (χ0v) is 34.4. The van der Waals surface area contributed by atoms with Gasteiger partial charge in [-0.05, 0) is 33.6 Å². The van der Waals surface area contributed by atoms with Gasteiger partial charge in [0.2, 0.25) is 0 Å². The number of nitrogens with zero attached hydrogens (tertiary/aromatic N) is 1. The fraction of sp³-hybridized carbons (Fsp3) is 0.921. The number of hydrogen-bond acceptors (Lipinski definition) is 10. The van der Waals surface area contributed by atoms with E-state index in [1.807, 2.05) is 0 Å². The van der Waals surface area contributed by atoms with Crippen molar-refractivity contribution in [3.05, 3.63) is 0 Å². The fourth-order valence-electron chi connectivity index (χ4n) is 5.59. The van der Waals surface area contributed by atoms with Crippen LogP contribution in [0.25, 0.3) is 0 Å². The Bertz CT molecular complexity index is 922. The minimum atomic E-state index is -4.15. The van der Waals surface area contributed by atoms with Crippen molar-refractivity contribution >= 4 is 26.7 Å². The summed E-state index contributed by atoms with van der Waals surface area (Å²) in [4.78, 5) is 35.8. The van der Waals surface area contributed by atoms with Crippen molar-refractivity contribution in [3.63, 3.8) is 0 Å². The first-order chi connectivity index (χ1) is 24.4. The third-order valence-corrected chi connectivity index (χ3v) is 13.0. The summed E-state index contributed by atoms with van der Waals surface area (Å²) in [6, 6.07) is 0.0600. The van der Waals surface area contributed by atoms with E-state index in [2.05, 4.69) is 21.0 Å². The molecule has 0 aliphatic carbocycles. The van der Waals surface area contributed by atoms with Crippen molar-refractivity contribution in [2.24, 2.45) is 16.2 Å². The summed E-state index contributed by atoms with van der Waals surface area (Å²) < 4.78 is 18.9. The molecule has 0 spiro atoms. The van der Waals surface area contributed by atoms with Gasteiger partial charge < -0.3 is 53.2 Å². The summed E-state index contributed by atoms with van der Waals surface area (Å²) in [7, 11) is 0.0388. The Kier molecular flexibility index (Phi) is 25.4. The Morgan fingerprint density at radius 1 is 0.558 bits per heavy atom. The van der Waals surface area contributed by atoms with Crippen LogP contribution >= 0.6 is 0 Å². The summed E-state index contributed by atoms with van der Waals surface area (Å²) in [6.45, 7) is 3.35. The zero-order valence-electron chi connectivity index (χ0n) is 33.4. The lowest BCUT2D eigenvalue weighted by atomic mass is 9.94. The van der Waals surface area contributed by atoms with Crippen LogP contribution in [0.4, 0.5) is 0 Å². The van der Waals surface area contributed by atoms with Crippen LogP contribution in [0, 0.1) is 16.2 Å². The second-order valence-electron chi connectivity index (χ2n) is 16.4. The maximum atomic E-state index is 12.0. The molecule has 13 nitrogen and oxygen atoms in total. The van der Waals surface area contributed by atoms with Gasteiger partial charge in [0, 0.05) is 12.5 Å². The number of hydrogen-bond donors (Lipinski definition) is 5. The van der Waals surface area contributed by atoms with Gasteiger partial charge in [-0.15, -0.1) is 0 Å². The third kappa shape index (κ3) is 20.1. The van der Waals surface area contributed by atoms with Crippen molar-refractivity contribution in [3.8, 4) is 0 Å². The first-order valence-corrected chi connectivity index (χ1v) is 21.6. The van der Waals surface area contributed by atoms with Crippen LogP contribution in [-0.4, -0.2) is 124 Å². The van der Waals surface area contributed by atoms with Crippen molar-refractivity contribution in [1.82, 2.24) is 0 Å². The molecule has 0 heterocycles. The number of carboxylic acid groups (broad SMARTS) is 3. The van der Waals surface area contributed by atoms with Gasteiger partial charge in [-0.25, -0.2) is 0 Å². The molecule has 0 aromatic carbocycles. The van der Waals surface area contributed by atoms with Gasteiger partial charge in [0.15, 0.2) is 0 Å². The molecule has 0 aliphatic rings. The number of carboxylic acids is 3. The summed E-state index contributed by atoms with van der Waals surface area (Å²) in [6.07, 6.45) is 21.1. The van der Waals surface area contributed by atoms with Gasteiger partial charge in [-0.3, -0.25) is 9.59 Å². The van der Waals surface area contributed by atoms with E-state index in [9.17, 15) is 45.0 Å². The number of unbranched alkanes of at least 4 members (excludes halogenated alkanes) is 15. The molecule has 14 heteroatoms. The quantitative estimate of drug-likeness (QED) is 0.0337. The molecule has 0 radical (unpaired) electrons. The number of carbonyl (C=O) groups is 3. The number of rotatable bonds is 36. The first kappa shape index (κ1) is 50.3. The highest BCUT2D eigenvalue weighted by Gasteiger charge is 2.49. The molecule has 0 saturated heterocycles. The molecule has 0 aromatic heterocycles. The van der Waals surface area contributed by atoms with Crippen LogP contribution in [-0.2, 0) is 27.7 Å². The van der Waals surface area contributed by atoms with Crippen LogP contribution in [0.3, 0.4) is 0 Å². The average molecular weight is 766 g/mol. The number of aliphatic carboxylic acids is 3. The van der Waals surface area contributed by atoms with E-state index in [0.717, 1.165) is 19.4 Å². The second kappa shape index (κ2) is 26.2. The Hall–Kier alpha value is -1.65. The van der Waals surface area contributed by atoms with Gasteiger partial charge in [-0.2, -0.15) is 0 Å². The predicted molar refractivity (Wildman–Crippen MR) is 200 cm³/mol. The molecule has 0 rings (SSSR count). The van der Waals surface area contributed by atoms with Gasteiger partial charge in [-0.1, -0.05) is 96.8 Å². The summed E-state index contributed by atoms with van der Waals surface area (Å²) >= 11 is 0. The molecular formula is C38H75NO12Si. The van der Waals surface area contributed by atoms with Gasteiger partial charge in [0.1, 0.15) is 10.8 Å². The minimum absolute atomic E-state index is 0.0600. The van der Waals surface area contributed by atoms with Crippen LogP contribution in [0.2, 0.25) is 6.04 Å². The topological polar surface area (TPSA) is 203 Å². The summed E-state index contributed by atoms with van der Waals surface area (Å²) in [5.74, 6) is -4.30. The van der Waals surface area contributed by atoms with E-state index < -0.39 is 82.6 Å². The minimum Gasteiger partial charge on any atom is -0.549 e. The molecular weight excluding hydrogens is 690 g/mol. The molecule has 0 saturated carbocycles. The van der Waals surface area contributed by atoms with E-state index in [1.54, 1.807) is 0 Å². The lowest BCUT2D eigenvalue weighted by Gasteiger charge is -2.38. The largest absolute Gasteiger partial charge is 0.549 e. The molecule has 3 unspecified atom stereocenters. The highest BCUT2D eigenvalue weighted by molar-refractivity contribution is 6.60. The van der Waals surface area contributed by atoms with Crippen molar-refractivity contribution in [2.75, 3.05) is 66.8 Å². The van der Waals surface area contributed by atoms with Crippen molar-refractivity contribution < 1.29 is 62.8 Å². The van der Waals surface area contributed by atoms with Crippen LogP contribution in [0.15, 0.2) is 0 Å². The van der Waals surface area contributed by atoms with Crippen LogP contribution < -0.4 is 5.11 Å². The lowest BCUT2D eigenvalue weighted by molar-refractivity contribution is -0.890. The molecule has 0 aliphatic heterocycles. The third-order valence-electron chi connectivity index (χ3n) is 10.3. The van der Waals surface area contributed by atoms with Gasteiger partial charge in [0.25, 0.3) is 0 Å². The standard InChI is InChI=1S/C38H75NO12Si/c1-7-8-9-10-11-12-13-14-15-16-17-18-19-20-21-22-24-39(5,6)25-23-26-52(49-30-36(2,27-40)33(43)44,50-31-37(3,28-41)34(45)46)51-32-38(4,29-42)35(47)48/h40-42H,7-32H2,1-6H3,(H2-,43,44,45,46,47,48). The number of quaternary nitrogens is 1. The Balaban J connectivity index is 5.27. The maximum Gasteiger partial charge on any atom is 0.501 e. The van der Waals surface area contributed by atoms with E-state index in [-0.39, 0.29) is 6.04 Å². The maximum absolute atomic E-state index is 12.0. The molecule has 0 aromatic rings. The van der Waals surface area contributed by atoms with Crippen molar-refractivity contribution in [2.45, 2.75) is 143 Å². The Labute approximate surface area is 315 Å². The zero-order chi connectivity index (χ0) is 39.7. The first-order valence-electron chi connectivity index (χ1n) is 19.6. The molecule has 0 bridgehead atoms.